The molecule has 4 aromatic rings. The van der Waals surface area contributed by atoms with Crippen molar-refractivity contribution < 1.29 is 5.11 Å². The first-order chi connectivity index (χ1) is 13.6. The Morgan fingerprint density at radius 2 is 0.821 bits per heavy atom. The highest BCUT2D eigenvalue weighted by molar-refractivity contribution is 9.11. The molecule has 0 bridgehead atoms. The van der Waals surface area contributed by atoms with Gasteiger partial charge in [-0.1, -0.05) is 91.0 Å². The van der Waals surface area contributed by atoms with Crippen LogP contribution in [0, 0.1) is 0 Å². The van der Waals surface area contributed by atoms with Gasteiger partial charge in [-0.2, -0.15) is 0 Å². The number of benzene rings is 4. The number of hydrogen-bond donors (Lipinski definition) is 1. The molecule has 0 aliphatic carbocycles. The van der Waals surface area contributed by atoms with Gasteiger partial charge in [0.1, 0.15) is 5.75 Å². The molecule has 1 N–H and O–H groups in total. The van der Waals surface area contributed by atoms with Gasteiger partial charge in [0.2, 0.25) is 0 Å². The van der Waals surface area contributed by atoms with Crippen molar-refractivity contribution >= 4 is 31.9 Å². The highest BCUT2D eigenvalue weighted by atomic mass is 79.9. The van der Waals surface area contributed by atoms with Crippen LogP contribution in [0.4, 0.5) is 0 Å². The first-order valence-corrected chi connectivity index (χ1v) is 10.6. The molecule has 0 unspecified atom stereocenters. The van der Waals surface area contributed by atoms with E-state index in [1.54, 1.807) is 0 Å². The predicted molar refractivity (Wildman–Crippen MR) is 122 cm³/mol. The summed E-state index contributed by atoms with van der Waals surface area (Å²) in [6, 6.07) is 35.5. The lowest BCUT2D eigenvalue weighted by Crippen LogP contribution is -2.31. The normalized spacial score (nSPS) is 11.4. The second kappa shape index (κ2) is 7.94. The number of aromatic hydroxyl groups is 1. The van der Waals surface area contributed by atoms with Crippen LogP contribution in [0.3, 0.4) is 0 Å². The maximum Gasteiger partial charge on any atom is 0.143 e. The molecule has 0 aliphatic heterocycles. The van der Waals surface area contributed by atoms with Gasteiger partial charge in [-0.15, -0.1) is 0 Å². The maximum absolute atomic E-state index is 10.3. The molecule has 4 rings (SSSR count). The Labute approximate surface area is 181 Å². The van der Waals surface area contributed by atoms with E-state index in [9.17, 15) is 5.11 Å². The summed E-state index contributed by atoms with van der Waals surface area (Å²) in [5.74, 6) is 0.201. The van der Waals surface area contributed by atoms with Crippen molar-refractivity contribution in [2.45, 2.75) is 5.41 Å². The maximum atomic E-state index is 10.3. The van der Waals surface area contributed by atoms with Crippen LogP contribution in [0.15, 0.2) is 112 Å². The Bertz CT molecular complexity index is 958. The molecular weight excluding hydrogens is 476 g/mol. The minimum Gasteiger partial charge on any atom is -0.506 e. The monoisotopic (exact) mass is 492 g/mol. The van der Waals surface area contributed by atoms with E-state index in [1.165, 1.54) is 0 Å². The molecule has 0 aliphatic rings. The van der Waals surface area contributed by atoms with Crippen molar-refractivity contribution in [3.63, 3.8) is 0 Å². The van der Waals surface area contributed by atoms with Gasteiger partial charge >= 0.3 is 0 Å². The fourth-order valence-corrected chi connectivity index (χ4v) is 5.03. The largest absolute Gasteiger partial charge is 0.506 e. The zero-order chi connectivity index (χ0) is 19.6. The average molecular weight is 494 g/mol. The van der Waals surface area contributed by atoms with Crippen LogP contribution in [0.5, 0.6) is 5.75 Å². The van der Waals surface area contributed by atoms with Crippen molar-refractivity contribution in [2.75, 3.05) is 0 Å². The summed E-state index contributed by atoms with van der Waals surface area (Å²) in [7, 11) is 0. The fourth-order valence-electron chi connectivity index (χ4n) is 3.85. The van der Waals surface area contributed by atoms with Gasteiger partial charge in [0.25, 0.3) is 0 Å². The lowest BCUT2D eigenvalue weighted by atomic mass is 9.65. The van der Waals surface area contributed by atoms with Gasteiger partial charge in [0.05, 0.1) is 14.4 Å². The van der Waals surface area contributed by atoms with Crippen LogP contribution < -0.4 is 0 Å². The van der Waals surface area contributed by atoms with Crippen molar-refractivity contribution in [2.24, 2.45) is 0 Å². The highest BCUT2D eigenvalue weighted by Gasteiger charge is 2.38. The van der Waals surface area contributed by atoms with Gasteiger partial charge < -0.3 is 5.11 Å². The summed E-state index contributed by atoms with van der Waals surface area (Å²) in [6.45, 7) is 0. The van der Waals surface area contributed by atoms with Crippen molar-refractivity contribution in [3.05, 3.63) is 134 Å². The van der Waals surface area contributed by atoms with Crippen molar-refractivity contribution in [1.82, 2.24) is 0 Å². The molecule has 0 heterocycles. The summed E-state index contributed by atoms with van der Waals surface area (Å²) in [6.07, 6.45) is 0. The molecule has 0 atom stereocenters. The predicted octanol–water partition coefficient (Wildman–Crippen LogP) is 7.30. The lowest BCUT2D eigenvalue weighted by Gasteiger charge is -2.37. The summed E-state index contributed by atoms with van der Waals surface area (Å²) >= 11 is 7.05. The van der Waals surface area contributed by atoms with E-state index >= 15 is 0 Å². The number of rotatable bonds is 4. The molecule has 1 nitrogen and oxygen atoms in total. The Hall–Kier alpha value is -2.36. The molecule has 0 saturated carbocycles. The van der Waals surface area contributed by atoms with Crippen LogP contribution in [-0.2, 0) is 5.41 Å². The molecule has 0 saturated heterocycles. The molecular formula is C25H18Br2O. The summed E-state index contributed by atoms with van der Waals surface area (Å²) < 4.78 is 1.31. The summed E-state index contributed by atoms with van der Waals surface area (Å²) in [5.41, 5.74) is 4.03. The molecule has 0 fully saturated rings. The van der Waals surface area contributed by atoms with E-state index in [4.69, 9.17) is 0 Å². The van der Waals surface area contributed by atoms with E-state index in [1.807, 2.05) is 30.3 Å². The Balaban J connectivity index is 2.17. The van der Waals surface area contributed by atoms with Crippen LogP contribution in [0.25, 0.3) is 0 Å². The second-order valence-electron chi connectivity index (χ2n) is 6.64. The van der Waals surface area contributed by atoms with Crippen molar-refractivity contribution in [3.8, 4) is 5.75 Å². The molecule has 0 aromatic heterocycles. The Kier molecular flexibility index (Phi) is 5.38. The van der Waals surface area contributed by atoms with Crippen LogP contribution in [-0.4, -0.2) is 5.11 Å². The third-order valence-electron chi connectivity index (χ3n) is 5.07. The smallest absolute Gasteiger partial charge is 0.143 e. The third-order valence-corrected chi connectivity index (χ3v) is 6.28. The van der Waals surface area contributed by atoms with Gasteiger partial charge in [-0.25, -0.2) is 0 Å². The summed E-state index contributed by atoms with van der Waals surface area (Å²) in [5, 5.41) is 10.3. The summed E-state index contributed by atoms with van der Waals surface area (Å²) in [4.78, 5) is 0. The standard InChI is InChI=1S/C25H18Br2O/c26-22-16-21(17-23(27)24(22)28)25(18-10-4-1-5-11-18,19-12-6-2-7-13-19)20-14-8-3-9-15-20/h1-17,28H. The van der Waals surface area contributed by atoms with Crippen LogP contribution >= 0.6 is 31.9 Å². The van der Waals surface area contributed by atoms with E-state index in [2.05, 4.69) is 105 Å². The second-order valence-corrected chi connectivity index (χ2v) is 8.35. The van der Waals surface area contributed by atoms with E-state index < -0.39 is 5.41 Å². The number of hydrogen-bond acceptors (Lipinski definition) is 1. The minimum atomic E-state index is -0.525. The third kappa shape index (κ3) is 3.19. The molecule has 3 heteroatoms. The van der Waals surface area contributed by atoms with E-state index in [0.29, 0.717) is 8.95 Å². The van der Waals surface area contributed by atoms with Gasteiger partial charge in [-0.3, -0.25) is 0 Å². The van der Waals surface area contributed by atoms with E-state index in [-0.39, 0.29) is 5.75 Å². The number of halogens is 2. The Morgan fingerprint density at radius 1 is 0.500 bits per heavy atom. The molecule has 138 valence electrons. The van der Waals surface area contributed by atoms with Gasteiger partial charge in [0.15, 0.2) is 0 Å². The molecule has 0 amide bonds. The first kappa shape index (κ1) is 19.0. The SMILES string of the molecule is Oc1c(Br)cc(C(c2ccccc2)(c2ccccc2)c2ccccc2)cc1Br. The zero-order valence-electron chi connectivity index (χ0n) is 15.0. The Morgan fingerprint density at radius 3 is 1.14 bits per heavy atom. The zero-order valence-corrected chi connectivity index (χ0v) is 18.2. The minimum absolute atomic E-state index is 0.201. The van der Waals surface area contributed by atoms with E-state index in [0.717, 1.165) is 22.3 Å². The first-order valence-electron chi connectivity index (χ1n) is 8.99. The highest BCUT2D eigenvalue weighted by Crippen LogP contribution is 2.48. The van der Waals surface area contributed by atoms with Gasteiger partial charge in [-0.05, 0) is 66.2 Å². The molecule has 0 spiro atoms. The molecule has 0 radical (unpaired) electrons. The average Bonchev–Trinajstić information content (AvgIpc) is 2.75. The molecule has 28 heavy (non-hydrogen) atoms. The topological polar surface area (TPSA) is 20.2 Å². The van der Waals surface area contributed by atoms with Crippen LogP contribution in [0.1, 0.15) is 22.3 Å². The van der Waals surface area contributed by atoms with Crippen molar-refractivity contribution in [1.29, 1.82) is 0 Å². The van der Waals surface area contributed by atoms with Gasteiger partial charge in [0, 0.05) is 0 Å². The van der Waals surface area contributed by atoms with Crippen LogP contribution in [0.2, 0.25) is 0 Å². The number of phenols is 1. The lowest BCUT2D eigenvalue weighted by molar-refractivity contribution is 0.468. The quantitative estimate of drug-likeness (QED) is 0.295. The fraction of sp³-hybridized carbons (Fsp3) is 0.0400. The molecule has 4 aromatic carbocycles. The number of phenolic OH excluding ortho intramolecular Hbond substituents is 1.